The summed E-state index contributed by atoms with van der Waals surface area (Å²) < 4.78 is 4.93. The van der Waals surface area contributed by atoms with Crippen LogP contribution in [0.2, 0.25) is 0 Å². The van der Waals surface area contributed by atoms with Gasteiger partial charge in [-0.1, -0.05) is 13.3 Å². The summed E-state index contributed by atoms with van der Waals surface area (Å²) in [7, 11) is 0. The molecule has 5 atom stereocenters. The number of benzene rings is 1. The van der Waals surface area contributed by atoms with Gasteiger partial charge >= 0.3 is 0 Å². The summed E-state index contributed by atoms with van der Waals surface area (Å²) >= 11 is 1.69. The Morgan fingerprint density at radius 3 is 2.61 bits per heavy atom. The highest BCUT2D eigenvalue weighted by molar-refractivity contribution is 8.02. The number of nitrogens with one attached hydrogen (secondary N) is 2. The number of nitrogens with zero attached hydrogens (tertiary/aromatic N) is 1. The first-order chi connectivity index (χ1) is 17.5. The van der Waals surface area contributed by atoms with Crippen LogP contribution >= 0.6 is 11.8 Å². The molecule has 36 heavy (non-hydrogen) atoms. The van der Waals surface area contributed by atoms with Gasteiger partial charge in [0.25, 0.3) is 0 Å². The molecule has 4 rings (SSSR count). The van der Waals surface area contributed by atoms with Gasteiger partial charge in [0, 0.05) is 30.6 Å². The summed E-state index contributed by atoms with van der Waals surface area (Å²) in [5.41, 5.74) is 0.672. The molecular formula is C27H39N3O5S. The lowest BCUT2D eigenvalue weighted by atomic mass is 9.70. The molecule has 0 aromatic heterocycles. The number of amides is 3. The van der Waals surface area contributed by atoms with Crippen molar-refractivity contribution < 1.29 is 24.2 Å². The van der Waals surface area contributed by atoms with Crippen molar-refractivity contribution in [2.45, 2.75) is 74.8 Å². The number of rotatable bonds is 13. The normalized spacial score (nSPS) is 28.3. The Kier molecular flexibility index (Phi) is 8.83. The Hall–Kier alpha value is -2.26. The number of anilines is 1. The SMILES string of the molecule is CCCCNC(=O)C1N(CCCCCO)C(=O)[C@@H]2[C@H](C(=O)Nc3ccc(OCC)cc3)[C@@H]3CCC12S3. The van der Waals surface area contributed by atoms with Gasteiger partial charge in [-0.2, -0.15) is 0 Å². The third-order valence-electron chi connectivity index (χ3n) is 7.67. The molecule has 3 fully saturated rings. The Balaban J connectivity index is 1.55. The summed E-state index contributed by atoms with van der Waals surface area (Å²) in [4.78, 5) is 42.6. The van der Waals surface area contributed by atoms with Crippen LogP contribution in [0.3, 0.4) is 0 Å². The molecule has 3 N–H and O–H groups in total. The van der Waals surface area contributed by atoms with Crippen LogP contribution in [0, 0.1) is 11.8 Å². The lowest BCUT2D eigenvalue weighted by molar-refractivity contribution is -0.139. The molecule has 2 bridgehead atoms. The van der Waals surface area contributed by atoms with E-state index < -0.39 is 22.6 Å². The number of hydrogen-bond acceptors (Lipinski definition) is 6. The predicted molar refractivity (Wildman–Crippen MR) is 141 cm³/mol. The van der Waals surface area contributed by atoms with E-state index in [0.29, 0.717) is 31.8 Å². The van der Waals surface area contributed by atoms with Crippen molar-refractivity contribution in [2.24, 2.45) is 11.8 Å². The second kappa shape index (κ2) is 11.9. The number of hydrogen-bond donors (Lipinski definition) is 3. The number of fused-ring (bicyclic) bond motifs is 1. The zero-order valence-electron chi connectivity index (χ0n) is 21.3. The van der Waals surface area contributed by atoms with Crippen molar-refractivity contribution in [1.82, 2.24) is 10.2 Å². The predicted octanol–water partition coefficient (Wildman–Crippen LogP) is 3.19. The fraction of sp³-hybridized carbons (Fsp3) is 0.667. The minimum Gasteiger partial charge on any atom is -0.494 e. The van der Waals surface area contributed by atoms with Crippen LogP contribution in [0.5, 0.6) is 5.75 Å². The Labute approximate surface area is 217 Å². The largest absolute Gasteiger partial charge is 0.494 e. The summed E-state index contributed by atoms with van der Waals surface area (Å²) in [5, 5.41) is 15.3. The van der Waals surface area contributed by atoms with Crippen molar-refractivity contribution in [1.29, 1.82) is 0 Å². The maximum absolute atomic E-state index is 13.9. The van der Waals surface area contributed by atoms with Crippen molar-refractivity contribution in [2.75, 3.05) is 31.6 Å². The Bertz CT molecular complexity index is 942. The molecule has 8 nitrogen and oxygen atoms in total. The number of carbonyl (C=O) groups excluding carboxylic acids is 3. The molecular weight excluding hydrogens is 478 g/mol. The molecule has 3 amide bonds. The number of aliphatic hydroxyl groups excluding tert-OH is 1. The first kappa shape index (κ1) is 26.8. The van der Waals surface area contributed by atoms with E-state index in [9.17, 15) is 14.4 Å². The number of unbranched alkanes of at least 4 members (excludes halogenated alkanes) is 3. The minimum absolute atomic E-state index is 0.0316. The van der Waals surface area contributed by atoms with Crippen LogP contribution in [0.1, 0.15) is 58.8 Å². The summed E-state index contributed by atoms with van der Waals surface area (Å²) in [5.74, 6) is -0.535. The first-order valence-electron chi connectivity index (χ1n) is 13.4. The molecule has 0 radical (unpaired) electrons. The summed E-state index contributed by atoms with van der Waals surface area (Å²) in [6.45, 7) is 5.75. The lowest BCUT2D eigenvalue weighted by Crippen LogP contribution is -2.53. The molecule has 3 aliphatic heterocycles. The highest BCUT2D eigenvalue weighted by Gasteiger charge is 2.73. The Morgan fingerprint density at radius 2 is 1.92 bits per heavy atom. The van der Waals surface area contributed by atoms with E-state index >= 15 is 0 Å². The van der Waals surface area contributed by atoms with Crippen LogP contribution in [-0.2, 0) is 14.4 Å². The van der Waals surface area contributed by atoms with Crippen molar-refractivity contribution in [3.8, 4) is 5.75 Å². The highest BCUT2D eigenvalue weighted by atomic mass is 32.2. The smallest absolute Gasteiger partial charge is 0.244 e. The van der Waals surface area contributed by atoms with Crippen molar-refractivity contribution >= 4 is 35.2 Å². The van der Waals surface area contributed by atoms with Gasteiger partial charge in [-0.15, -0.1) is 11.8 Å². The molecule has 1 spiro atoms. The van der Waals surface area contributed by atoms with E-state index in [1.54, 1.807) is 16.7 Å². The average Bonchev–Trinajstić information content (AvgIpc) is 3.51. The Morgan fingerprint density at radius 1 is 1.14 bits per heavy atom. The van der Waals surface area contributed by atoms with E-state index in [0.717, 1.165) is 44.3 Å². The fourth-order valence-corrected chi connectivity index (χ4v) is 8.30. The van der Waals surface area contributed by atoms with E-state index in [1.165, 1.54) is 0 Å². The number of likely N-dealkylation sites (tertiary alicyclic amines) is 1. The number of thioether (sulfide) groups is 1. The third-order valence-corrected chi connectivity index (χ3v) is 9.62. The van der Waals surface area contributed by atoms with Crippen LogP contribution in [0.4, 0.5) is 5.69 Å². The van der Waals surface area contributed by atoms with Crippen molar-refractivity contribution in [3.63, 3.8) is 0 Å². The van der Waals surface area contributed by atoms with Gasteiger partial charge in [0.05, 0.1) is 23.2 Å². The van der Waals surface area contributed by atoms with Gasteiger partial charge in [-0.25, -0.2) is 0 Å². The molecule has 198 valence electrons. The maximum Gasteiger partial charge on any atom is 0.244 e. The molecule has 3 aliphatic rings. The average molecular weight is 518 g/mol. The number of aliphatic hydroxyl groups is 1. The van der Waals surface area contributed by atoms with Gasteiger partial charge in [0.1, 0.15) is 11.8 Å². The van der Waals surface area contributed by atoms with Crippen LogP contribution in [-0.4, -0.2) is 70.1 Å². The third kappa shape index (κ3) is 5.09. The quantitative estimate of drug-likeness (QED) is 0.347. The molecule has 3 heterocycles. The van der Waals surface area contributed by atoms with Gasteiger partial charge in [0.15, 0.2) is 0 Å². The monoisotopic (exact) mass is 517 g/mol. The van der Waals surface area contributed by atoms with Gasteiger partial charge in [-0.05, 0) is 69.7 Å². The molecule has 1 aromatic carbocycles. The summed E-state index contributed by atoms with van der Waals surface area (Å²) in [6.07, 6.45) is 5.66. The fourth-order valence-electron chi connectivity index (χ4n) is 6.08. The maximum atomic E-state index is 13.9. The zero-order chi connectivity index (χ0) is 25.7. The molecule has 9 heteroatoms. The molecule has 2 unspecified atom stereocenters. The summed E-state index contributed by atoms with van der Waals surface area (Å²) in [6, 6.07) is 6.71. The van der Waals surface area contributed by atoms with Gasteiger partial charge in [0.2, 0.25) is 17.7 Å². The topological polar surface area (TPSA) is 108 Å². The zero-order valence-corrected chi connectivity index (χ0v) is 22.1. The van der Waals surface area contributed by atoms with Crippen LogP contribution in [0.15, 0.2) is 24.3 Å². The second-order valence-electron chi connectivity index (χ2n) is 9.96. The van der Waals surface area contributed by atoms with Crippen LogP contribution < -0.4 is 15.4 Å². The van der Waals surface area contributed by atoms with E-state index in [1.807, 2.05) is 31.2 Å². The van der Waals surface area contributed by atoms with Crippen molar-refractivity contribution in [3.05, 3.63) is 24.3 Å². The van der Waals surface area contributed by atoms with E-state index in [4.69, 9.17) is 9.84 Å². The molecule has 0 aliphatic carbocycles. The molecule has 0 saturated carbocycles. The van der Waals surface area contributed by atoms with E-state index in [-0.39, 0.29) is 29.6 Å². The lowest BCUT2D eigenvalue weighted by Gasteiger charge is -2.34. The highest BCUT2D eigenvalue weighted by Crippen LogP contribution is 2.66. The number of carbonyl (C=O) groups is 3. The minimum atomic E-state index is -0.560. The number of ether oxygens (including phenoxy) is 1. The van der Waals surface area contributed by atoms with Gasteiger partial charge in [-0.3, -0.25) is 14.4 Å². The second-order valence-corrected chi connectivity index (χ2v) is 11.6. The molecule has 3 saturated heterocycles. The standard InChI is InChI=1S/C27H39N3O5S/c1-3-5-15-28-25(33)23-27-14-13-20(36-27)21(22(27)26(34)30(23)16-7-6-8-17-31)24(32)29-18-9-11-19(12-10-18)35-4-2/h9-12,20-23,31H,3-8,13-17H2,1-2H3,(H,28,33)(H,29,32)/t20-,21+,22-,23?,27?/m0/s1. The van der Waals surface area contributed by atoms with E-state index in [2.05, 4.69) is 17.6 Å². The first-order valence-corrected chi connectivity index (χ1v) is 14.2. The molecule has 1 aromatic rings. The van der Waals surface area contributed by atoms with Gasteiger partial charge < -0.3 is 25.4 Å². The van der Waals surface area contributed by atoms with Crippen LogP contribution in [0.25, 0.3) is 0 Å².